The Balaban J connectivity index is 1.98. The SMILES string of the molecule is Cc1cc(C)c(Oc2ccc3c(c2)OC(C(F)(F)F)C(C(=O)O)=C3)c(C)c1. The van der Waals surface area contributed by atoms with Gasteiger partial charge in [-0.05, 0) is 50.1 Å². The van der Waals surface area contributed by atoms with Crippen molar-refractivity contribution in [2.45, 2.75) is 33.1 Å². The van der Waals surface area contributed by atoms with E-state index in [0.717, 1.165) is 22.8 Å². The minimum Gasteiger partial charge on any atom is -0.478 e. The molecule has 1 aliphatic rings. The summed E-state index contributed by atoms with van der Waals surface area (Å²) in [5, 5.41) is 9.06. The molecule has 0 aromatic heterocycles. The molecule has 1 aliphatic heterocycles. The fraction of sp³-hybridized carbons (Fsp3) is 0.250. The maximum atomic E-state index is 13.2. The fourth-order valence-electron chi connectivity index (χ4n) is 3.10. The van der Waals surface area contributed by atoms with E-state index in [1.165, 1.54) is 12.1 Å². The number of rotatable bonds is 3. The third kappa shape index (κ3) is 3.77. The van der Waals surface area contributed by atoms with E-state index in [2.05, 4.69) is 0 Å². The number of carbonyl (C=O) groups is 1. The smallest absolute Gasteiger partial charge is 0.430 e. The van der Waals surface area contributed by atoms with Crippen molar-refractivity contribution in [1.29, 1.82) is 0 Å². The molecule has 2 aromatic carbocycles. The van der Waals surface area contributed by atoms with Gasteiger partial charge in [0.05, 0.1) is 5.57 Å². The van der Waals surface area contributed by atoms with E-state index in [4.69, 9.17) is 14.6 Å². The van der Waals surface area contributed by atoms with Crippen LogP contribution in [-0.4, -0.2) is 23.4 Å². The van der Waals surface area contributed by atoms with Crippen molar-refractivity contribution in [3.05, 3.63) is 58.2 Å². The van der Waals surface area contributed by atoms with Crippen LogP contribution in [0.2, 0.25) is 0 Å². The van der Waals surface area contributed by atoms with Gasteiger partial charge in [0.25, 0.3) is 0 Å². The molecule has 0 aliphatic carbocycles. The maximum Gasteiger partial charge on any atom is 0.430 e. The first kappa shape index (κ1) is 18.8. The summed E-state index contributed by atoms with van der Waals surface area (Å²) >= 11 is 0. The van der Waals surface area contributed by atoms with Crippen molar-refractivity contribution in [3.63, 3.8) is 0 Å². The third-order valence-corrected chi connectivity index (χ3v) is 4.19. The van der Waals surface area contributed by atoms with Crippen LogP contribution in [0.1, 0.15) is 22.3 Å². The fourth-order valence-corrected chi connectivity index (χ4v) is 3.10. The standard InChI is InChI=1S/C20H17F3O4/c1-10-6-11(2)17(12(3)7-10)26-14-5-4-13-8-15(19(24)25)18(20(21,22)23)27-16(13)9-14/h4-9,18H,1-3H3,(H,24,25). The summed E-state index contributed by atoms with van der Waals surface area (Å²) in [4.78, 5) is 11.2. The molecule has 7 heteroatoms. The Morgan fingerprint density at radius 2 is 1.74 bits per heavy atom. The molecule has 3 rings (SSSR count). The Morgan fingerprint density at radius 1 is 1.11 bits per heavy atom. The predicted octanol–water partition coefficient (Wildman–Crippen LogP) is 5.20. The van der Waals surface area contributed by atoms with E-state index in [9.17, 15) is 18.0 Å². The second-order valence-electron chi connectivity index (χ2n) is 6.47. The Morgan fingerprint density at radius 3 is 2.30 bits per heavy atom. The Kier molecular flexibility index (Phi) is 4.63. The first-order valence-electron chi connectivity index (χ1n) is 8.14. The lowest BCUT2D eigenvalue weighted by atomic mass is 10.0. The van der Waals surface area contributed by atoms with Gasteiger partial charge in [-0.25, -0.2) is 4.79 Å². The molecule has 0 saturated heterocycles. The lowest BCUT2D eigenvalue weighted by Gasteiger charge is -2.27. The van der Waals surface area contributed by atoms with E-state index >= 15 is 0 Å². The number of aliphatic carboxylic acids is 1. The topological polar surface area (TPSA) is 55.8 Å². The zero-order valence-electron chi connectivity index (χ0n) is 14.8. The van der Waals surface area contributed by atoms with Crippen LogP contribution in [0.3, 0.4) is 0 Å². The van der Waals surface area contributed by atoms with Gasteiger partial charge in [0.2, 0.25) is 6.10 Å². The average molecular weight is 378 g/mol. The third-order valence-electron chi connectivity index (χ3n) is 4.19. The normalized spacial score (nSPS) is 16.2. The van der Waals surface area contributed by atoms with Crippen molar-refractivity contribution in [2.24, 2.45) is 0 Å². The van der Waals surface area contributed by atoms with Crippen molar-refractivity contribution >= 4 is 12.0 Å². The van der Waals surface area contributed by atoms with E-state index in [-0.39, 0.29) is 11.3 Å². The molecule has 1 heterocycles. The second kappa shape index (κ2) is 6.64. The first-order chi connectivity index (χ1) is 12.6. The highest BCUT2D eigenvalue weighted by Gasteiger charge is 2.48. The van der Waals surface area contributed by atoms with Gasteiger partial charge < -0.3 is 14.6 Å². The monoisotopic (exact) mass is 378 g/mol. The number of carboxylic acids is 1. The number of aryl methyl sites for hydroxylation is 3. The van der Waals surface area contributed by atoms with Crippen LogP contribution in [0.15, 0.2) is 35.9 Å². The Hall–Kier alpha value is -2.96. The molecule has 0 bridgehead atoms. The van der Waals surface area contributed by atoms with Crippen LogP contribution in [0, 0.1) is 20.8 Å². The molecule has 4 nitrogen and oxygen atoms in total. The van der Waals surface area contributed by atoms with Crippen molar-refractivity contribution in [1.82, 2.24) is 0 Å². The highest BCUT2D eigenvalue weighted by Crippen LogP contribution is 2.40. The van der Waals surface area contributed by atoms with Gasteiger partial charge in [-0.1, -0.05) is 17.7 Å². The summed E-state index contributed by atoms with van der Waals surface area (Å²) in [6, 6.07) is 8.25. The Bertz CT molecular complexity index is 922. The van der Waals surface area contributed by atoms with Gasteiger partial charge in [-0.2, -0.15) is 13.2 Å². The van der Waals surface area contributed by atoms with Gasteiger partial charge in [-0.15, -0.1) is 0 Å². The summed E-state index contributed by atoms with van der Waals surface area (Å²) in [5.74, 6) is -0.834. The molecular weight excluding hydrogens is 361 g/mol. The summed E-state index contributed by atoms with van der Waals surface area (Å²) < 4.78 is 50.4. The molecule has 0 fully saturated rings. The van der Waals surface area contributed by atoms with Crippen LogP contribution < -0.4 is 9.47 Å². The minimum absolute atomic E-state index is 0.0813. The zero-order chi connectivity index (χ0) is 19.9. The van der Waals surface area contributed by atoms with Crippen molar-refractivity contribution in [2.75, 3.05) is 0 Å². The molecule has 2 aromatic rings. The molecule has 1 N–H and O–H groups in total. The summed E-state index contributed by atoms with van der Waals surface area (Å²) in [6.07, 6.45) is -6.39. The molecule has 142 valence electrons. The van der Waals surface area contributed by atoms with Crippen LogP contribution in [-0.2, 0) is 4.79 Å². The molecule has 1 unspecified atom stereocenters. The predicted molar refractivity (Wildman–Crippen MR) is 93.3 cm³/mol. The number of hydrogen-bond acceptors (Lipinski definition) is 3. The van der Waals surface area contributed by atoms with Gasteiger partial charge in [0.1, 0.15) is 17.2 Å². The van der Waals surface area contributed by atoms with E-state index in [1.54, 1.807) is 6.07 Å². The van der Waals surface area contributed by atoms with E-state index in [0.29, 0.717) is 11.5 Å². The maximum absolute atomic E-state index is 13.2. The number of benzene rings is 2. The summed E-state index contributed by atoms with van der Waals surface area (Å²) in [6.45, 7) is 5.72. The molecule has 0 spiro atoms. The number of carboxylic acid groups (broad SMARTS) is 1. The van der Waals surface area contributed by atoms with Gasteiger partial charge in [-0.3, -0.25) is 0 Å². The number of halogens is 3. The lowest BCUT2D eigenvalue weighted by molar-refractivity contribution is -0.187. The minimum atomic E-state index is -4.84. The quantitative estimate of drug-likeness (QED) is 0.798. The van der Waals surface area contributed by atoms with Crippen LogP contribution >= 0.6 is 0 Å². The summed E-state index contributed by atoms with van der Waals surface area (Å²) in [7, 11) is 0. The molecule has 0 radical (unpaired) electrons. The second-order valence-corrected chi connectivity index (χ2v) is 6.47. The largest absolute Gasteiger partial charge is 0.478 e. The molecule has 27 heavy (non-hydrogen) atoms. The molecule has 1 atom stereocenters. The molecular formula is C20H17F3O4. The molecule has 0 saturated carbocycles. The lowest BCUT2D eigenvalue weighted by Crippen LogP contribution is -2.40. The molecule has 0 amide bonds. The Labute approximate surface area is 153 Å². The first-order valence-corrected chi connectivity index (χ1v) is 8.14. The van der Waals surface area contributed by atoms with E-state index < -0.39 is 23.8 Å². The van der Waals surface area contributed by atoms with E-state index in [1.807, 2.05) is 32.9 Å². The van der Waals surface area contributed by atoms with Crippen molar-refractivity contribution < 1.29 is 32.5 Å². The van der Waals surface area contributed by atoms with Gasteiger partial charge >= 0.3 is 12.1 Å². The highest BCUT2D eigenvalue weighted by molar-refractivity contribution is 5.95. The summed E-state index contributed by atoms with van der Waals surface area (Å²) in [5.41, 5.74) is 2.26. The van der Waals surface area contributed by atoms with Crippen LogP contribution in [0.4, 0.5) is 13.2 Å². The van der Waals surface area contributed by atoms with Gasteiger partial charge in [0.15, 0.2) is 0 Å². The number of ether oxygens (including phenoxy) is 2. The highest BCUT2D eigenvalue weighted by atomic mass is 19.4. The van der Waals surface area contributed by atoms with Crippen LogP contribution in [0.5, 0.6) is 17.2 Å². The number of alkyl halides is 3. The van der Waals surface area contributed by atoms with Crippen molar-refractivity contribution in [3.8, 4) is 17.2 Å². The zero-order valence-corrected chi connectivity index (χ0v) is 14.8. The number of fused-ring (bicyclic) bond motifs is 1. The number of hydrogen-bond donors (Lipinski definition) is 1. The average Bonchev–Trinajstić information content (AvgIpc) is 2.55. The van der Waals surface area contributed by atoms with Crippen LogP contribution in [0.25, 0.3) is 6.08 Å². The van der Waals surface area contributed by atoms with Gasteiger partial charge in [0, 0.05) is 11.6 Å².